The van der Waals surface area contributed by atoms with E-state index in [1.54, 1.807) is 12.1 Å². The van der Waals surface area contributed by atoms with E-state index in [9.17, 15) is 4.79 Å². The first-order valence-corrected chi connectivity index (χ1v) is 8.55. The van der Waals surface area contributed by atoms with Crippen LogP contribution in [0.4, 0.5) is 5.69 Å². The molecule has 0 radical (unpaired) electrons. The normalized spacial score (nSPS) is 10.8. The second kappa shape index (κ2) is 7.02. The third-order valence-electron chi connectivity index (χ3n) is 3.99. The fourth-order valence-electron chi connectivity index (χ4n) is 2.68. The van der Waals surface area contributed by atoms with Gasteiger partial charge in [0.25, 0.3) is 0 Å². The number of hydrogen-bond donors (Lipinski definition) is 1. The summed E-state index contributed by atoms with van der Waals surface area (Å²) in [5.74, 6) is 0.479. The van der Waals surface area contributed by atoms with E-state index in [0.717, 1.165) is 27.9 Å². The lowest BCUT2D eigenvalue weighted by atomic mass is 10.1. The summed E-state index contributed by atoms with van der Waals surface area (Å²) in [5, 5.41) is 3.54. The summed E-state index contributed by atoms with van der Waals surface area (Å²) in [5.41, 5.74) is 4.07. The standard InChI is InChI=1S/C21H15ClN2O2/c22-16-9-5-14(6-10-16)13-20(25)23-17-11-7-15(8-12-17)21-24-18-3-1-2-4-19(18)26-21/h1-12H,13H2,(H,23,25). The van der Waals surface area contributed by atoms with Crippen LogP contribution in [0.15, 0.2) is 77.2 Å². The molecule has 4 rings (SSSR count). The summed E-state index contributed by atoms with van der Waals surface area (Å²) in [6.45, 7) is 0. The molecule has 4 aromatic rings. The molecule has 26 heavy (non-hydrogen) atoms. The second-order valence-electron chi connectivity index (χ2n) is 5.92. The average molecular weight is 363 g/mol. The van der Waals surface area contributed by atoms with Gasteiger partial charge in [0.05, 0.1) is 6.42 Å². The Hall–Kier alpha value is -3.11. The van der Waals surface area contributed by atoms with Crippen LogP contribution < -0.4 is 5.32 Å². The van der Waals surface area contributed by atoms with Gasteiger partial charge in [-0.2, -0.15) is 0 Å². The zero-order chi connectivity index (χ0) is 17.9. The van der Waals surface area contributed by atoms with Gasteiger partial charge in [0, 0.05) is 16.3 Å². The number of rotatable bonds is 4. The molecule has 0 aliphatic rings. The van der Waals surface area contributed by atoms with Crippen molar-refractivity contribution in [3.8, 4) is 11.5 Å². The zero-order valence-corrected chi connectivity index (χ0v) is 14.5. The zero-order valence-electron chi connectivity index (χ0n) is 13.8. The Morgan fingerprint density at radius 2 is 1.69 bits per heavy atom. The monoisotopic (exact) mass is 362 g/mol. The lowest BCUT2D eigenvalue weighted by molar-refractivity contribution is -0.115. The lowest BCUT2D eigenvalue weighted by Crippen LogP contribution is -2.14. The van der Waals surface area contributed by atoms with Gasteiger partial charge in [0.15, 0.2) is 5.58 Å². The van der Waals surface area contributed by atoms with Crippen LogP contribution in [0.2, 0.25) is 5.02 Å². The predicted octanol–water partition coefficient (Wildman–Crippen LogP) is 5.33. The van der Waals surface area contributed by atoms with E-state index in [4.69, 9.17) is 16.0 Å². The molecule has 1 N–H and O–H groups in total. The SMILES string of the molecule is O=C(Cc1ccc(Cl)cc1)Nc1ccc(-c2nc3ccccc3o2)cc1. The first-order valence-electron chi connectivity index (χ1n) is 8.18. The third kappa shape index (κ3) is 3.60. The van der Waals surface area contributed by atoms with Gasteiger partial charge in [-0.05, 0) is 54.1 Å². The van der Waals surface area contributed by atoms with Crippen molar-refractivity contribution in [2.24, 2.45) is 0 Å². The third-order valence-corrected chi connectivity index (χ3v) is 4.24. The van der Waals surface area contributed by atoms with E-state index in [0.29, 0.717) is 17.3 Å². The van der Waals surface area contributed by atoms with Gasteiger partial charge in [-0.15, -0.1) is 0 Å². The highest BCUT2D eigenvalue weighted by molar-refractivity contribution is 6.30. The molecule has 0 fully saturated rings. The number of amides is 1. The van der Waals surface area contributed by atoms with Gasteiger partial charge < -0.3 is 9.73 Å². The number of nitrogens with zero attached hydrogens (tertiary/aromatic N) is 1. The fourth-order valence-corrected chi connectivity index (χ4v) is 2.81. The van der Waals surface area contributed by atoms with Crippen molar-refractivity contribution in [1.82, 2.24) is 4.98 Å². The molecule has 0 saturated heterocycles. The molecule has 1 heterocycles. The molecule has 3 aromatic carbocycles. The molecule has 0 atom stereocenters. The van der Waals surface area contributed by atoms with E-state index in [-0.39, 0.29) is 5.91 Å². The van der Waals surface area contributed by atoms with Crippen LogP contribution in [0, 0.1) is 0 Å². The van der Waals surface area contributed by atoms with Gasteiger partial charge in [-0.3, -0.25) is 4.79 Å². The Morgan fingerprint density at radius 3 is 2.42 bits per heavy atom. The Morgan fingerprint density at radius 1 is 0.962 bits per heavy atom. The van der Waals surface area contributed by atoms with E-state index in [1.165, 1.54) is 0 Å². The molecule has 0 bridgehead atoms. The predicted molar refractivity (Wildman–Crippen MR) is 103 cm³/mol. The van der Waals surface area contributed by atoms with E-state index in [1.807, 2.05) is 60.7 Å². The molecular formula is C21H15ClN2O2. The van der Waals surface area contributed by atoms with Crippen molar-refractivity contribution in [2.45, 2.75) is 6.42 Å². The number of aromatic nitrogens is 1. The van der Waals surface area contributed by atoms with Gasteiger partial charge in [0.1, 0.15) is 5.52 Å². The largest absolute Gasteiger partial charge is 0.436 e. The maximum atomic E-state index is 12.2. The fraction of sp³-hybridized carbons (Fsp3) is 0.0476. The highest BCUT2D eigenvalue weighted by Crippen LogP contribution is 2.25. The summed E-state index contributed by atoms with van der Waals surface area (Å²) in [6, 6.07) is 22.3. The smallest absolute Gasteiger partial charge is 0.228 e. The quantitative estimate of drug-likeness (QED) is 0.534. The van der Waals surface area contributed by atoms with Crippen molar-refractivity contribution in [3.05, 3.63) is 83.4 Å². The number of para-hydroxylation sites is 2. The minimum atomic E-state index is -0.0815. The molecule has 128 valence electrons. The van der Waals surface area contributed by atoms with E-state index in [2.05, 4.69) is 10.3 Å². The van der Waals surface area contributed by atoms with Gasteiger partial charge in [-0.1, -0.05) is 35.9 Å². The van der Waals surface area contributed by atoms with Gasteiger partial charge in [0.2, 0.25) is 11.8 Å². The number of anilines is 1. The van der Waals surface area contributed by atoms with Crippen molar-refractivity contribution >= 4 is 34.3 Å². The second-order valence-corrected chi connectivity index (χ2v) is 6.35. The summed E-state index contributed by atoms with van der Waals surface area (Å²) in [7, 11) is 0. The van der Waals surface area contributed by atoms with Crippen LogP contribution in [0.5, 0.6) is 0 Å². The molecule has 0 spiro atoms. The Balaban J connectivity index is 1.45. The Kier molecular flexibility index (Phi) is 4.42. The Bertz CT molecular complexity index is 1020. The first kappa shape index (κ1) is 16.4. The van der Waals surface area contributed by atoms with Crippen molar-refractivity contribution in [1.29, 1.82) is 0 Å². The average Bonchev–Trinajstić information content (AvgIpc) is 3.08. The van der Waals surface area contributed by atoms with Crippen LogP contribution in [0.25, 0.3) is 22.6 Å². The highest BCUT2D eigenvalue weighted by Gasteiger charge is 2.09. The van der Waals surface area contributed by atoms with E-state index < -0.39 is 0 Å². The Labute approximate surface area is 155 Å². The van der Waals surface area contributed by atoms with Crippen LogP contribution in [-0.4, -0.2) is 10.9 Å². The number of hydrogen-bond acceptors (Lipinski definition) is 3. The molecule has 4 nitrogen and oxygen atoms in total. The maximum Gasteiger partial charge on any atom is 0.228 e. The molecule has 0 aliphatic heterocycles. The summed E-state index contributed by atoms with van der Waals surface area (Å²) >= 11 is 5.86. The van der Waals surface area contributed by atoms with Crippen molar-refractivity contribution < 1.29 is 9.21 Å². The molecule has 1 aromatic heterocycles. The summed E-state index contributed by atoms with van der Waals surface area (Å²) in [4.78, 5) is 16.6. The minimum absolute atomic E-state index is 0.0815. The maximum absolute atomic E-state index is 12.2. The summed E-state index contributed by atoms with van der Waals surface area (Å²) < 4.78 is 5.75. The number of carbonyl (C=O) groups excluding carboxylic acids is 1. The molecular weight excluding hydrogens is 348 g/mol. The molecule has 0 saturated carbocycles. The van der Waals surface area contributed by atoms with Crippen molar-refractivity contribution in [2.75, 3.05) is 5.32 Å². The molecule has 0 aliphatic carbocycles. The van der Waals surface area contributed by atoms with Gasteiger partial charge in [-0.25, -0.2) is 4.98 Å². The number of nitrogens with one attached hydrogen (secondary N) is 1. The number of fused-ring (bicyclic) bond motifs is 1. The van der Waals surface area contributed by atoms with Crippen LogP contribution in [-0.2, 0) is 11.2 Å². The van der Waals surface area contributed by atoms with Crippen LogP contribution >= 0.6 is 11.6 Å². The molecule has 5 heteroatoms. The van der Waals surface area contributed by atoms with Crippen molar-refractivity contribution in [3.63, 3.8) is 0 Å². The number of benzene rings is 3. The molecule has 0 unspecified atom stereocenters. The lowest BCUT2D eigenvalue weighted by Gasteiger charge is -2.06. The summed E-state index contributed by atoms with van der Waals surface area (Å²) in [6.07, 6.45) is 0.296. The first-order chi connectivity index (χ1) is 12.7. The van der Waals surface area contributed by atoms with E-state index >= 15 is 0 Å². The van der Waals surface area contributed by atoms with Crippen LogP contribution in [0.1, 0.15) is 5.56 Å². The highest BCUT2D eigenvalue weighted by atomic mass is 35.5. The van der Waals surface area contributed by atoms with Crippen LogP contribution in [0.3, 0.4) is 0 Å². The topological polar surface area (TPSA) is 55.1 Å². The minimum Gasteiger partial charge on any atom is -0.436 e. The number of halogens is 1. The number of oxazole rings is 1. The van der Waals surface area contributed by atoms with Gasteiger partial charge >= 0.3 is 0 Å². The molecule has 1 amide bonds. The number of carbonyl (C=O) groups is 1.